The molecular formula is C21H21F2NO5S. The second-order valence-corrected chi connectivity index (χ2v) is 7.45. The van der Waals surface area contributed by atoms with Gasteiger partial charge in [-0.15, -0.1) is 11.8 Å². The van der Waals surface area contributed by atoms with Crippen molar-refractivity contribution in [3.63, 3.8) is 0 Å². The van der Waals surface area contributed by atoms with Crippen molar-refractivity contribution >= 4 is 29.5 Å². The number of carbonyl (C=O) groups is 3. The number of halogens is 2. The van der Waals surface area contributed by atoms with E-state index in [1.807, 2.05) is 32.0 Å². The van der Waals surface area contributed by atoms with Crippen LogP contribution < -0.4 is 10.1 Å². The predicted octanol–water partition coefficient (Wildman–Crippen LogP) is 3.89. The van der Waals surface area contributed by atoms with Crippen LogP contribution in [-0.2, 0) is 14.3 Å². The summed E-state index contributed by atoms with van der Waals surface area (Å²) in [7, 11) is 0. The summed E-state index contributed by atoms with van der Waals surface area (Å²) in [4.78, 5) is 36.5. The first kappa shape index (κ1) is 23.3. The smallest absolute Gasteiger partial charge is 0.387 e. The van der Waals surface area contributed by atoms with E-state index < -0.39 is 31.0 Å². The van der Waals surface area contributed by atoms with Gasteiger partial charge in [0.05, 0.1) is 6.42 Å². The van der Waals surface area contributed by atoms with Gasteiger partial charge in [-0.25, -0.2) is 0 Å². The first-order chi connectivity index (χ1) is 14.2. The second kappa shape index (κ2) is 11.3. The summed E-state index contributed by atoms with van der Waals surface area (Å²) in [6.07, 6.45) is 0.115. The van der Waals surface area contributed by atoms with Crippen LogP contribution in [0.1, 0.15) is 27.9 Å². The summed E-state index contributed by atoms with van der Waals surface area (Å²) in [5.41, 5.74) is 2.43. The minimum absolute atomic E-state index is 0.0704. The molecule has 1 N–H and O–H groups in total. The zero-order chi connectivity index (χ0) is 22.1. The van der Waals surface area contributed by atoms with E-state index in [-0.39, 0.29) is 17.7 Å². The number of ether oxygens (including phenoxy) is 2. The first-order valence-corrected chi connectivity index (χ1v) is 9.98. The van der Waals surface area contributed by atoms with Crippen LogP contribution in [0.3, 0.4) is 0 Å². The van der Waals surface area contributed by atoms with Crippen molar-refractivity contribution < 1.29 is 32.6 Å². The maximum absolute atomic E-state index is 12.1. The summed E-state index contributed by atoms with van der Waals surface area (Å²) in [5, 5.41) is 2.06. The Bertz CT molecular complexity index is 903. The molecule has 160 valence electrons. The Morgan fingerprint density at radius 2 is 1.73 bits per heavy atom. The molecule has 0 aromatic heterocycles. The number of imide groups is 1. The van der Waals surface area contributed by atoms with E-state index in [0.717, 1.165) is 4.90 Å². The third-order valence-corrected chi connectivity index (χ3v) is 5.01. The van der Waals surface area contributed by atoms with Crippen LogP contribution in [0.5, 0.6) is 5.75 Å². The van der Waals surface area contributed by atoms with Crippen LogP contribution in [0.15, 0.2) is 47.4 Å². The lowest BCUT2D eigenvalue weighted by atomic mass is 10.1. The lowest BCUT2D eigenvalue weighted by molar-refractivity contribution is -0.147. The van der Waals surface area contributed by atoms with Gasteiger partial charge in [-0.05, 0) is 61.4 Å². The molecule has 30 heavy (non-hydrogen) atoms. The first-order valence-electron chi connectivity index (χ1n) is 8.99. The summed E-state index contributed by atoms with van der Waals surface area (Å²) < 4.78 is 33.3. The molecule has 0 unspecified atom stereocenters. The average molecular weight is 437 g/mol. The highest BCUT2D eigenvalue weighted by atomic mass is 32.2. The number of benzene rings is 2. The van der Waals surface area contributed by atoms with Crippen molar-refractivity contribution in [1.29, 1.82) is 0 Å². The number of hydrogen-bond acceptors (Lipinski definition) is 6. The summed E-state index contributed by atoms with van der Waals surface area (Å²) >= 11 is 1.51. The minimum Gasteiger partial charge on any atom is -0.456 e. The molecule has 2 amide bonds. The molecule has 9 heteroatoms. The SMILES string of the molecule is Cc1ccc(SCCC(=O)OCC(=O)NC(=O)c2ccc(OC(F)F)cc2)cc1C. The minimum atomic E-state index is -2.97. The molecule has 0 fully saturated rings. The van der Waals surface area contributed by atoms with E-state index in [0.29, 0.717) is 5.75 Å². The highest BCUT2D eigenvalue weighted by Gasteiger charge is 2.13. The van der Waals surface area contributed by atoms with Crippen LogP contribution in [-0.4, -0.2) is 36.8 Å². The fraction of sp³-hybridized carbons (Fsp3) is 0.286. The standard InChI is InChI=1S/C21H21F2NO5S/c1-13-3-8-17(11-14(13)2)30-10-9-19(26)28-12-18(25)24-20(27)15-4-6-16(7-5-15)29-21(22)23/h3-8,11,21H,9-10,12H2,1-2H3,(H,24,25,27). The van der Waals surface area contributed by atoms with Crippen molar-refractivity contribution in [2.45, 2.75) is 31.8 Å². The van der Waals surface area contributed by atoms with Crippen molar-refractivity contribution in [1.82, 2.24) is 5.32 Å². The van der Waals surface area contributed by atoms with Crippen molar-refractivity contribution in [3.05, 3.63) is 59.2 Å². The van der Waals surface area contributed by atoms with Crippen LogP contribution in [0.25, 0.3) is 0 Å². The van der Waals surface area contributed by atoms with Gasteiger partial charge in [-0.3, -0.25) is 19.7 Å². The molecule has 0 aliphatic carbocycles. The largest absolute Gasteiger partial charge is 0.456 e. The molecule has 0 saturated heterocycles. The molecule has 2 aromatic rings. The van der Waals surface area contributed by atoms with Gasteiger partial charge in [0.1, 0.15) is 5.75 Å². The predicted molar refractivity (Wildman–Crippen MR) is 108 cm³/mol. The molecule has 0 bridgehead atoms. The number of nitrogens with one attached hydrogen (secondary N) is 1. The Morgan fingerprint density at radius 1 is 1.03 bits per heavy atom. The summed E-state index contributed by atoms with van der Waals surface area (Å²) in [6.45, 7) is 0.471. The number of carbonyl (C=O) groups excluding carboxylic acids is 3. The third kappa shape index (κ3) is 7.82. The third-order valence-electron chi connectivity index (χ3n) is 4.01. The van der Waals surface area contributed by atoms with Crippen molar-refractivity contribution in [2.24, 2.45) is 0 Å². The topological polar surface area (TPSA) is 81.7 Å². The van der Waals surface area contributed by atoms with Crippen LogP contribution in [0.4, 0.5) is 8.78 Å². The number of alkyl halides is 2. The van der Waals surface area contributed by atoms with Gasteiger partial charge in [-0.1, -0.05) is 6.07 Å². The fourth-order valence-electron chi connectivity index (χ4n) is 2.30. The second-order valence-electron chi connectivity index (χ2n) is 6.29. The molecule has 0 aliphatic rings. The van der Waals surface area contributed by atoms with Crippen molar-refractivity contribution in [3.8, 4) is 5.75 Å². The lowest BCUT2D eigenvalue weighted by Gasteiger charge is -2.08. The zero-order valence-corrected chi connectivity index (χ0v) is 17.3. The molecule has 0 atom stereocenters. The van der Waals surface area contributed by atoms with E-state index in [1.165, 1.54) is 47.2 Å². The molecule has 0 spiro atoms. The van der Waals surface area contributed by atoms with Crippen LogP contribution >= 0.6 is 11.8 Å². The highest BCUT2D eigenvalue weighted by Crippen LogP contribution is 2.21. The van der Waals surface area contributed by atoms with Gasteiger partial charge in [0.25, 0.3) is 11.8 Å². The Hall–Kier alpha value is -2.94. The fourth-order valence-corrected chi connectivity index (χ4v) is 3.23. The van der Waals surface area contributed by atoms with Gasteiger partial charge < -0.3 is 9.47 Å². The number of amides is 2. The van der Waals surface area contributed by atoms with Gasteiger partial charge in [0, 0.05) is 16.2 Å². The normalized spacial score (nSPS) is 10.6. The number of aryl methyl sites for hydroxylation is 2. The van der Waals surface area contributed by atoms with Gasteiger partial charge >= 0.3 is 12.6 Å². The maximum Gasteiger partial charge on any atom is 0.387 e. The molecule has 0 radical (unpaired) electrons. The van der Waals surface area contributed by atoms with Crippen LogP contribution in [0, 0.1) is 13.8 Å². The molecule has 0 aliphatic heterocycles. The van der Waals surface area contributed by atoms with Gasteiger partial charge in [0.15, 0.2) is 6.61 Å². The monoisotopic (exact) mass is 437 g/mol. The quantitative estimate of drug-likeness (QED) is 0.474. The Kier molecular flexibility index (Phi) is 8.79. The van der Waals surface area contributed by atoms with Crippen molar-refractivity contribution in [2.75, 3.05) is 12.4 Å². The number of thioether (sulfide) groups is 1. The van der Waals surface area contributed by atoms with E-state index in [9.17, 15) is 23.2 Å². The van der Waals surface area contributed by atoms with E-state index in [4.69, 9.17) is 4.74 Å². The van der Waals surface area contributed by atoms with Gasteiger partial charge in [0.2, 0.25) is 0 Å². The molecule has 2 rings (SSSR count). The van der Waals surface area contributed by atoms with E-state index in [2.05, 4.69) is 10.1 Å². The van der Waals surface area contributed by atoms with E-state index >= 15 is 0 Å². The maximum atomic E-state index is 12.1. The summed E-state index contributed by atoms with van der Waals surface area (Å²) in [5.74, 6) is -1.70. The number of esters is 1. The van der Waals surface area contributed by atoms with Gasteiger partial charge in [-0.2, -0.15) is 8.78 Å². The molecule has 0 saturated carbocycles. The number of rotatable bonds is 9. The summed E-state index contributed by atoms with van der Waals surface area (Å²) in [6, 6.07) is 10.8. The molecule has 2 aromatic carbocycles. The Morgan fingerprint density at radius 3 is 2.37 bits per heavy atom. The molecular weight excluding hydrogens is 416 g/mol. The molecule has 0 heterocycles. The Balaban J connectivity index is 1.69. The van der Waals surface area contributed by atoms with Crippen LogP contribution in [0.2, 0.25) is 0 Å². The zero-order valence-electron chi connectivity index (χ0n) is 16.4. The average Bonchev–Trinajstić information content (AvgIpc) is 2.69. The lowest BCUT2D eigenvalue weighted by Crippen LogP contribution is -2.34. The number of hydrogen-bond donors (Lipinski definition) is 1. The van der Waals surface area contributed by atoms with E-state index in [1.54, 1.807) is 0 Å². The highest BCUT2D eigenvalue weighted by molar-refractivity contribution is 7.99. The Labute approximate surface area is 176 Å². The molecule has 6 nitrogen and oxygen atoms in total.